The van der Waals surface area contributed by atoms with Gasteiger partial charge in [-0.1, -0.05) is 17.4 Å². The van der Waals surface area contributed by atoms with E-state index in [1.54, 1.807) is 50.4 Å². The van der Waals surface area contributed by atoms with Gasteiger partial charge in [0.25, 0.3) is 5.78 Å². The molecule has 0 spiro atoms. The SMILES string of the molecule is COC(=O)c1sc(N2C(=O)C(=O)C(=C(O)c3ccc(OC)c(C)c3)C2c2cccnc2)nc1C. The van der Waals surface area contributed by atoms with Crippen LogP contribution in [-0.4, -0.2) is 47.0 Å². The van der Waals surface area contributed by atoms with Crippen LogP contribution in [0.1, 0.15) is 38.1 Å². The van der Waals surface area contributed by atoms with Crippen LogP contribution in [0.5, 0.6) is 5.75 Å². The molecule has 1 aromatic carbocycles. The molecule has 3 aromatic rings. The third-order valence-electron chi connectivity index (χ3n) is 5.48. The lowest BCUT2D eigenvalue weighted by Crippen LogP contribution is -2.29. The Morgan fingerprint density at radius 2 is 1.94 bits per heavy atom. The molecular formula is C24H21N3O6S. The van der Waals surface area contributed by atoms with Gasteiger partial charge in [0.15, 0.2) is 5.13 Å². The highest BCUT2D eigenvalue weighted by Crippen LogP contribution is 2.44. The number of amides is 1. The second-order valence-electron chi connectivity index (χ2n) is 7.54. The summed E-state index contributed by atoms with van der Waals surface area (Å²) in [5, 5.41) is 11.3. The summed E-state index contributed by atoms with van der Waals surface area (Å²) >= 11 is 0.937. The maximum atomic E-state index is 13.2. The fourth-order valence-electron chi connectivity index (χ4n) is 3.83. The number of carbonyl (C=O) groups is 3. The van der Waals surface area contributed by atoms with Crippen molar-refractivity contribution in [2.75, 3.05) is 19.1 Å². The van der Waals surface area contributed by atoms with Crippen molar-refractivity contribution in [1.82, 2.24) is 9.97 Å². The predicted molar refractivity (Wildman–Crippen MR) is 125 cm³/mol. The maximum Gasteiger partial charge on any atom is 0.350 e. The molecule has 3 heterocycles. The van der Waals surface area contributed by atoms with Crippen LogP contribution in [-0.2, 0) is 14.3 Å². The van der Waals surface area contributed by atoms with Crippen molar-refractivity contribution >= 4 is 39.9 Å². The Bertz CT molecular complexity index is 1330. The average molecular weight is 480 g/mol. The minimum absolute atomic E-state index is 0.102. The molecule has 1 aliphatic rings. The number of carbonyl (C=O) groups excluding carboxylic acids is 3. The van der Waals surface area contributed by atoms with E-state index < -0.39 is 23.7 Å². The van der Waals surface area contributed by atoms with Gasteiger partial charge in [-0.05, 0) is 49.2 Å². The van der Waals surface area contributed by atoms with E-state index in [2.05, 4.69) is 9.97 Å². The van der Waals surface area contributed by atoms with Crippen molar-refractivity contribution in [3.05, 3.63) is 75.6 Å². The lowest BCUT2D eigenvalue weighted by molar-refractivity contribution is -0.132. The summed E-state index contributed by atoms with van der Waals surface area (Å²) in [5.74, 6) is -2.04. The van der Waals surface area contributed by atoms with Crippen LogP contribution in [0.25, 0.3) is 5.76 Å². The molecule has 1 fully saturated rings. The molecule has 1 N–H and O–H groups in total. The van der Waals surface area contributed by atoms with E-state index in [-0.39, 0.29) is 21.3 Å². The summed E-state index contributed by atoms with van der Waals surface area (Å²) in [4.78, 5) is 48.4. The zero-order chi connectivity index (χ0) is 24.6. The molecule has 1 aliphatic heterocycles. The maximum absolute atomic E-state index is 13.2. The highest BCUT2D eigenvalue weighted by atomic mass is 32.1. The van der Waals surface area contributed by atoms with Gasteiger partial charge in [0, 0.05) is 18.0 Å². The number of aromatic nitrogens is 2. The molecule has 1 saturated heterocycles. The highest BCUT2D eigenvalue weighted by Gasteiger charge is 2.48. The lowest BCUT2D eigenvalue weighted by atomic mass is 9.96. The molecule has 1 amide bonds. The van der Waals surface area contributed by atoms with Gasteiger partial charge in [-0.2, -0.15) is 0 Å². The number of thiazole rings is 1. The summed E-state index contributed by atoms with van der Waals surface area (Å²) in [6.07, 6.45) is 3.07. The van der Waals surface area contributed by atoms with Crippen molar-refractivity contribution in [3.63, 3.8) is 0 Å². The number of benzene rings is 1. The Hall–Kier alpha value is -4.05. The van der Waals surface area contributed by atoms with E-state index >= 15 is 0 Å². The number of rotatable bonds is 5. The zero-order valence-corrected chi connectivity index (χ0v) is 19.7. The molecule has 0 bridgehead atoms. The van der Waals surface area contributed by atoms with Crippen molar-refractivity contribution in [2.45, 2.75) is 19.9 Å². The third-order valence-corrected chi connectivity index (χ3v) is 6.61. The van der Waals surface area contributed by atoms with Gasteiger partial charge in [0.05, 0.1) is 31.5 Å². The number of anilines is 1. The molecule has 9 nitrogen and oxygen atoms in total. The number of hydrogen-bond acceptors (Lipinski definition) is 9. The first kappa shape index (κ1) is 23.1. The number of aliphatic hydroxyl groups is 1. The second kappa shape index (κ2) is 9.06. The number of aliphatic hydroxyl groups excluding tert-OH is 1. The van der Waals surface area contributed by atoms with Crippen molar-refractivity contribution in [1.29, 1.82) is 0 Å². The van der Waals surface area contributed by atoms with Crippen molar-refractivity contribution in [2.24, 2.45) is 0 Å². The van der Waals surface area contributed by atoms with Crippen LogP contribution < -0.4 is 9.64 Å². The number of aryl methyl sites for hydroxylation is 2. The molecular weight excluding hydrogens is 458 g/mol. The normalized spacial score (nSPS) is 17.2. The van der Waals surface area contributed by atoms with Crippen LogP contribution in [0.3, 0.4) is 0 Å². The Kier molecular flexibility index (Phi) is 6.16. The van der Waals surface area contributed by atoms with Gasteiger partial charge in [-0.25, -0.2) is 9.78 Å². The minimum Gasteiger partial charge on any atom is -0.507 e. The fourth-order valence-corrected chi connectivity index (χ4v) is 4.84. The Morgan fingerprint density at radius 3 is 2.56 bits per heavy atom. The predicted octanol–water partition coefficient (Wildman–Crippen LogP) is 3.58. The quantitative estimate of drug-likeness (QED) is 0.255. The summed E-state index contributed by atoms with van der Waals surface area (Å²) < 4.78 is 10.1. The first-order valence-electron chi connectivity index (χ1n) is 10.2. The van der Waals surface area contributed by atoms with Gasteiger partial charge in [0.2, 0.25) is 0 Å². The Labute approximate surface area is 199 Å². The molecule has 0 saturated carbocycles. The molecule has 1 atom stereocenters. The molecule has 174 valence electrons. The van der Waals surface area contributed by atoms with Gasteiger partial charge in [-0.15, -0.1) is 0 Å². The standard InChI is InChI=1S/C24H21N3O6S/c1-12-10-14(7-8-16(12)32-3)19(28)17-18(15-6-5-9-25-11-15)27(22(30)20(17)29)24-26-13(2)21(34-24)23(31)33-4/h5-11,18,28H,1-4H3. The van der Waals surface area contributed by atoms with Gasteiger partial charge in [0.1, 0.15) is 16.4 Å². The number of ether oxygens (including phenoxy) is 2. The number of nitrogens with zero attached hydrogens (tertiary/aromatic N) is 3. The summed E-state index contributed by atoms with van der Waals surface area (Å²) in [5.41, 5.74) is 1.87. The second-order valence-corrected chi connectivity index (χ2v) is 8.52. The van der Waals surface area contributed by atoms with E-state index in [1.807, 2.05) is 0 Å². The lowest BCUT2D eigenvalue weighted by Gasteiger charge is -2.22. The van der Waals surface area contributed by atoms with Gasteiger partial charge in [-0.3, -0.25) is 19.5 Å². The van der Waals surface area contributed by atoms with E-state index in [9.17, 15) is 19.5 Å². The molecule has 34 heavy (non-hydrogen) atoms. The van der Waals surface area contributed by atoms with E-state index in [0.717, 1.165) is 16.9 Å². The summed E-state index contributed by atoms with van der Waals surface area (Å²) in [7, 11) is 2.79. The molecule has 10 heteroatoms. The number of methoxy groups -OCH3 is 2. The average Bonchev–Trinajstić information content (AvgIpc) is 3.35. The zero-order valence-electron chi connectivity index (χ0n) is 18.9. The topological polar surface area (TPSA) is 119 Å². The molecule has 4 rings (SSSR count). The van der Waals surface area contributed by atoms with E-state index in [0.29, 0.717) is 22.6 Å². The minimum atomic E-state index is -0.993. The van der Waals surface area contributed by atoms with Crippen LogP contribution in [0.2, 0.25) is 0 Å². The van der Waals surface area contributed by atoms with E-state index in [4.69, 9.17) is 9.47 Å². The number of esters is 1. The van der Waals surface area contributed by atoms with E-state index in [1.165, 1.54) is 25.3 Å². The van der Waals surface area contributed by atoms with Gasteiger partial charge < -0.3 is 14.6 Å². The fraction of sp³-hybridized carbons (Fsp3) is 0.208. The first-order valence-corrected chi connectivity index (χ1v) is 11.0. The Morgan fingerprint density at radius 1 is 1.18 bits per heavy atom. The Balaban J connectivity index is 1.92. The smallest absolute Gasteiger partial charge is 0.350 e. The highest BCUT2D eigenvalue weighted by molar-refractivity contribution is 7.17. The number of pyridine rings is 1. The summed E-state index contributed by atoms with van der Waals surface area (Å²) in [6.45, 7) is 3.42. The number of ketones is 1. The van der Waals surface area contributed by atoms with Crippen molar-refractivity contribution < 1.29 is 29.0 Å². The van der Waals surface area contributed by atoms with Crippen LogP contribution in [0, 0.1) is 13.8 Å². The largest absolute Gasteiger partial charge is 0.507 e. The molecule has 1 unspecified atom stereocenters. The van der Waals surface area contributed by atoms with Crippen molar-refractivity contribution in [3.8, 4) is 5.75 Å². The monoisotopic (exact) mass is 479 g/mol. The third kappa shape index (κ3) is 3.81. The van der Waals surface area contributed by atoms with Crippen LogP contribution in [0.4, 0.5) is 5.13 Å². The van der Waals surface area contributed by atoms with Crippen LogP contribution >= 0.6 is 11.3 Å². The number of hydrogen-bond donors (Lipinski definition) is 1. The molecule has 2 aromatic heterocycles. The molecule has 0 radical (unpaired) electrons. The molecule has 0 aliphatic carbocycles. The first-order chi connectivity index (χ1) is 16.3. The van der Waals surface area contributed by atoms with Gasteiger partial charge >= 0.3 is 11.9 Å². The van der Waals surface area contributed by atoms with Crippen LogP contribution in [0.15, 0.2) is 48.3 Å². The number of Topliss-reactive ketones (excluding diaryl/α,β-unsaturated/α-hetero) is 1. The summed E-state index contributed by atoms with van der Waals surface area (Å²) in [6, 6.07) is 7.33.